The smallest absolute Gasteiger partial charge is 0.339 e. The number of hydrogen-bond donors (Lipinski definition) is 1. The number of benzene rings is 1. The van der Waals surface area contributed by atoms with E-state index in [1.165, 1.54) is 18.3 Å². The first-order valence-corrected chi connectivity index (χ1v) is 9.06. The molecule has 0 bridgehead atoms. The summed E-state index contributed by atoms with van der Waals surface area (Å²) in [6.07, 6.45) is 4.24. The van der Waals surface area contributed by atoms with Crippen molar-refractivity contribution in [2.24, 2.45) is 0 Å². The van der Waals surface area contributed by atoms with Gasteiger partial charge in [-0.3, -0.25) is 14.5 Å². The van der Waals surface area contributed by atoms with E-state index in [0.29, 0.717) is 42.5 Å². The zero-order valence-corrected chi connectivity index (χ0v) is 15.3. The van der Waals surface area contributed by atoms with Crippen molar-refractivity contribution < 1.29 is 19.1 Å². The van der Waals surface area contributed by atoms with E-state index in [-0.39, 0.29) is 23.1 Å². The van der Waals surface area contributed by atoms with Crippen LogP contribution >= 0.6 is 0 Å². The molecule has 1 fully saturated rings. The number of carbonyl (C=O) groups is 2. The quantitative estimate of drug-likeness (QED) is 0.752. The summed E-state index contributed by atoms with van der Waals surface area (Å²) in [4.78, 5) is 30.1. The molecule has 4 rings (SSSR count). The molecule has 7 nitrogen and oxygen atoms in total. The molecule has 1 aliphatic rings. The van der Waals surface area contributed by atoms with Crippen molar-refractivity contribution in [1.82, 2.24) is 19.7 Å². The molecule has 144 valence electrons. The molecule has 1 saturated heterocycles. The van der Waals surface area contributed by atoms with Gasteiger partial charge in [0.05, 0.1) is 29.0 Å². The number of fused-ring (bicyclic) bond motifs is 1. The number of nitrogens with zero attached hydrogens (tertiary/aromatic N) is 4. The minimum Gasteiger partial charge on any atom is -0.478 e. The van der Waals surface area contributed by atoms with Crippen LogP contribution in [0.3, 0.4) is 0 Å². The van der Waals surface area contributed by atoms with Crippen LogP contribution in [-0.2, 0) is 0 Å². The fourth-order valence-electron chi connectivity index (χ4n) is 3.80. The zero-order chi connectivity index (χ0) is 19.8. The van der Waals surface area contributed by atoms with Gasteiger partial charge in [-0.05, 0) is 38.0 Å². The molecule has 1 aromatic carbocycles. The van der Waals surface area contributed by atoms with Gasteiger partial charge in [0.2, 0.25) is 0 Å². The normalized spacial score (nSPS) is 15.1. The van der Waals surface area contributed by atoms with E-state index in [4.69, 9.17) is 0 Å². The average molecular weight is 382 g/mol. The summed E-state index contributed by atoms with van der Waals surface area (Å²) in [5.41, 5.74) is 1.55. The highest BCUT2D eigenvalue weighted by atomic mass is 19.1. The Balaban J connectivity index is 1.53. The topological polar surface area (TPSA) is 88.3 Å². The molecular formula is C20H19FN4O3. The monoisotopic (exact) mass is 382 g/mol. The third-order valence-electron chi connectivity index (χ3n) is 5.27. The summed E-state index contributed by atoms with van der Waals surface area (Å²) in [5, 5.41) is 14.0. The minimum atomic E-state index is -0.998. The molecule has 0 unspecified atom stereocenters. The van der Waals surface area contributed by atoms with Gasteiger partial charge in [-0.15, -0.1) is 0 Å². The number of pyridine rings is 1. The van der Waals surface area contributed by atoms with Crippen LogP contribution in [0.15, 0.2) is 36.7 Å². The Morgan fingerprint density at radius 3 is 2.64 bits per heavy atom. The lowest BCUT2D eigenvalue weighted by Gasteiger charge is -2.32. The van der Waals surface area contributed by atoms with Crippen LogP contribution in [-0.4, -0.2) is 49.7 Å². The van der Waals surface area contributed by atoms with Gasteiger partial charge in [0.15, 0.2) is 0 Å². The summed E-state index contributed by atoms with van der Waals surface area (Å²) in [6, 6.07) is 6.07. The number of likely N-dealkylation sites (tertiary alicyclic amines) is 1. The Labute approximate surface area is 160 Å². The first-order chi connectivity index (χ1) is 13.5. The Morgan fingerprint density at radius 2 is 1.96 bits per heavy atom. The van der Waals surface area contributed by atoms with Crippen LogP contribution < -0.4 is 0 Å². The highest BCUT2D eigenvalue weighted by molar-refractivity contribution is 6.05. The molecule has 3 aromatic rings. The number of aromatic carboxylic acids is 1. The number of rotatable bonds is 3. The fraction of sp³-hybridized carbons (Fsp3) is 0.300. The summed E-state index contributed by atoms with van der Waals surface area (Å²) >= 11 is 0. The van der Waals surface area contributed by atoms with Gasteiger partial charge in [0.1, 0.15) is 11.4 Å². The van der Waals surface area contributed by atoms with Crippen LogP contribution in [0.4, 0.5) is 4.39 Å². The maximum atomic E-state index is 14.0. The van der Waals surface area contributed by atoms with Gasteiger partial charge < -0.3 is 10.0 Å². The summed E-state index contributed by atoms with van der Waals surface area (Å²) < 4.78 is 15.7. The molecule has 3 heterocycles. The van der Waals surface area contributed by atoms with Crippen molar-refractivity contribution in [3.63, 3.8) is 0 Å². The van der Waals surface area contributed by atoms with E-state index >= 15 is 0 Å². The van der Waals surface area contributed by atoms with E-state index in [1.54, 1.807) is 34.8 Å². The van der Waals surface area contributed by atoms with Gasteiger partial charge in [-0.25, -0.2) is 9.18 Å². The van der Waals surface area contributed by atoms with Gasteiger partial charge in [-0.2, -0.15) is 5.10 Å². The maximum Gasteiger partial charge on any atom is 0.339 e. The Hall–Kier alpha value is -3.29. The fourth-order valence-corrected chi connectivity index (χ4v) is 3.80. The van der Waals surface area contributed by atoms with Crippen LogP contribution in [0.1, 0.15) is 45.3 Å². The van der Waals surface area contributed by atoms with E-state index in [0.717, 1.165) is 0 Å². The maximum absolute atomic E-state index is 14.0. The first kappa shape index (κ1) is 18.1. The second-order valence-electron chi connectivity index (χ2n) is 6.95. The molecule has 2 aromatic heterocycles. The van der Waals surface area contributed by atoms with Gasteiger partial charge in [-0.1, -0.05) is 6.07 Å². The minimum absolute atomic E-state index is 0.0273. The number of aromatic nitrogens is 3. The lowest BCUT2D eigenvalue weighted by Crippen LogP contribution is -2.39. The highest BCUT2D eigenvalue weighted by Crippen LogP contribution is 2.27. The van der Waals surface area contributed by atoms with Crippen LogP contribution in [0.25, 0.3) is 10.9 Å². The Kier molecular flexibility index (Phi) is 4.54. The highest BCUT2D eigenvalue weighted by Gasteiger charge is 2.28. The third kappa shape index (κ3) is 3.11. The second kappa shape index (κ2) is 7.03. The van der Waals surface area contributed by atoms with Crippen molar-refractivity contribution >= 4 is 22.8 Å². The van der Waals surface area contributed by atoms with Crippen molar-refractivity contribution in [3.05, 3.63) is 59.3 Å². The molecule has 0 spiro atoms. The first-order valence-electron chi connectivity index (χ1n) is 9.06. The standard InChI is InChI=1S/C20H19FN4O3/c1-12-17(20(27)28)11-23-25(12)15-4-7-24(8-5-15)19(26)16-10-14(21)9-13-3-2-6-22-18(13)16/h2-3,6,9-11,15H,4-5,7-8H2,1H3,(H,27,28). The lowest BCUT2D eigenvalue weighted by molar-refractivity contribution is 0.0689. The zero-order valence-electron chi connectivity index (χ0n) is 15.3. The Bertz CT molecular complexity index is 1070. The van der Waals surface area contributed by atoms with Gasteiger partial charge in [0, 0.05) is 24.7 Å². The molecule has 1 N–H and O–H groups in total. The summed E-state index contributed by atoms with van der Waals surface area (Å²) in [7, 11) is 0. The molecule has 0 aliphatic carbocycles. The van der Waals surface area contributed by atoms with Gasteiger partial charge >= 0.3 is 5.97 Å². The molecule has 1 amide bonds. The van der Waals surface area contributed by atoms with Crippen molar-refractivity contribution in [1.29, 1.82) is 0 Å². The van der Waals surface area contributed by atoms with E-state index in [1.807, 2.05) is 0 Å². The molecule has 0 radical (unpaired) electrons. The van der Waals surface area contributed by atoms with Crippen molar-refractivity contribution in [2.45, 2.75) is 25.8 Å². The van der Waals surface area contributed by atoms with E-state index in [2.05, 4.69) is 10.1 Å². The van der Waals surface area contributed by atoms with E-state index in [9.17, 15) is 19.1 Å². The van der Waals surface area contributed by atoms with Crippen molar-refractivity contribution in [3.8, 4) is 0 Å². The predicted molar refractivity (Wildman–Crippen MR) is 99.8 cm³/mol. The number of piperidine rings is 1. The van der Waals surface area contributed by atoms with Gasteiger partial charge in [0.25, 0.3) is 5.91 Å². The van der Waals surface area contributed by atoms with Crippen molar-refractivity contribution in [2.75, 3.05) is 13.1 Å². The summed E-state index contributed by atoms with van der Waals surface area (Å²) in [6.45, 7) is 2.70. The molecular weight excluding hydrogens is 363 g/mol. The summed E-state index contributed by atoms with van der Waals surface area (Å²) in [5.74, 6) is -1.71. The molecule has 28 heavy (non-hydrogen) atoms. The molecule has 1 aliphatic heterocycles. The van der Waals surface area contributed by atoms with E-state index < -0.39 is 11.8 Å². The van der Waals surface area contributed by atoms with Crippen LogP contribution in [0.2, 0.25) is 0 Å². The Morgan fingerprint density at radius 1 is 1.21 bits per heavy atom. The molecule has 8 heteroatoms. The number of carboxylic acids is 1. The largest absolute Gasteiger partial charge is 0.478 e. The number of hydrogen-bond acceptors (Lipinski definition) is 4. The number of halogens is 1. The second-order valence-corrected chi connectivity index (χ2v) is 6.95. The molecule has 0 atom stereocenters. The average Bonchev–Trinajstić information content (AvgIpc) is 3.08. The SMILES string of the molecule is Cc1c(C(=O)O)cnn1C1CCN(C(=O)c2cc(F)cc3cccnc23)CC1. The van der Waals surface area contributed by atoms with Crippen LogP contribution in [0.5, 0.6) is 0 Å². The number of carbonyl (C=O) groups excluding carboxylic acids is 1. The van der Waals surface area contributed by atoms with Crippen LogP contribution in [0, 0.1) is 12.7 Å². The molecule has 0 saturated carbocycles. The lowest BCUT2D eigenvalue weighted by atomic mass is 10.0. The number of amides is 1. The third-order valence-corrected chi connectivity index (χ3v) is 5.27. The number of carboxylic acid groups (broad SMARTS) is 1. The predicted octanol–water partition coefficient (Wildman–Crippen LogP) is 3.05.